The van der Waals surface area contributed by atoms with Gasteiger partial charge in [-0.2, -0.15) is 0 Å². The number of hydrogen-bond acceptors (Lipinski definition) is 6. The molecular weight excluding hydrogens is 374 g/mol. The number of benzene rings is 2. The average Bonchev–Trinajstić information content (AvgIpc) is 3.35. The summed E-state index contributed by atoms with van der Waals surface area (Å²) in [4.78, 5) is 16.0. The molecule has 0 radical (unpaired) electrons. The molecule has 0 aliphatic heterocycles. The molecule has 2 aromatic heterocycles. The van der Waals surface area contributed by atoms with E-state index in [-0.39, 0.29) is 11.0 Å². The van der Waals surface area contributed by atoms with Crippen LogP contribution in [0.3, 0.4) is 0 Å². The van der Waals surface area contributed by atoms with Crippen molar-refractivity contribution in [1.82, 2.24) is 15.2 Å². The van der Waals surface area contributed by atoms with Crippen molar-refractivity contribution < 1.29 is 13.9 Å². The Morgan fingerprint density at radius 2 is 1.96 bits per heavy atom. The third-order valence-electron chi connectivity index (χ3n) is 4.46. The fraction of sp³-hybridized carbons (Fsp3) is 0.190. The third-order valence-corrected chi connectivity index (χ3v) is 5.40. The van der Waals surface area contributed by atoms with Gasteiger partial charge in [0.2, 0.25) is 5.89 Å². The number of carbonyl (C=O) groups excluding carboxylic acids is 1. The molecule has 0 amide bonds. The van der Waals surface area contributed by atoms with Crippen molar-refractivity contribution >= 4 is 28.4 Å². The number of aromatic nitrogens is 3. The molecule has 2 aromatic carbocycles. The number of ketones is 1. The van der Waals surface area contributed by atoms with Crippen LogP contribution < -0.4 is 4.74 Å². The maximum atomic E-state index is 12.8. The highest BCUT2D eigenvalue weighted by molar-refractivity contribution is 8.00. The van der Waals surface area contributed by atoms with Crippen LogP contribution >= 0.6 is 11.8 Å². The Bertz CT molecular complexity index is 1100. The molecule has 0 aliphatic rings. The second-order valence-electron chi connectivity index (χ2n) is 6.36. The fourth-order valence-electron chi connectivity index (χ4n) is 2.97. The Morgan fingerprint density at radius 1 is 1.18 bits per heavy atom. The van der Waals surface area contributed by atoms with Crippen LogP contribution in [0.15, 0.2) is 64.4 Å². The summed E-state index contributed by atoms with van der Waals surface area (Å²) in [6.07, 6.45) is 2.29. The molecule has 1 atom stereocenters. The number of Topliss-reactive ketones (excluding diaryl/α,β-unsaturated/α-hetero) is 1. The molecule has 0 saturated heterocycles. The smallest absolute Gasteiger partial charge is 0.277 e. The van der Waals surface area contributed by atoms with Crippen LogP contribution in [0, 0.1) is 0 Å². The highest BCUT2D eigenvalue weighted by atomic mass is 32.2. The van der Waals surface area contributed by atoms with Gasteiger partial charge in [0.15, 0.2) is 5.78 Å². The predicted molar refractivity (Wildman–Crippen MR) is 108 cm³/mol. The zero-order valence-electron chi connectivity index (χ0n) is 15.5. The van der Waals surface area contributed by atoms with Gasteiger partial charge < -0.3 is 14.1 Å². The van der Waals surface area contributed by atoms with Crippen molar-refractivity contribution in [2.45, 2.75) is 23.8 Å². The van der Waals surface area contributed by atoms with E-state index in [0.29, 0.717) is 23.1 Å². The minimum Gasteiger partial charge on any atom is -0.497 e. The highest BCUT2D eigenvalue weighted by Gasteiger charge is 2.22. The summed E-state index contributed by atoms with van der Waals surface area (Å²) in [6, 6.07) is 15.5. The van der Waals surface area contributed by atoms with Crippen LogP contribution in [-0.2, 0) is 6.42 Å². The molecule has 0 spiro atoms. The fourth-order valence-corrected chi connectivity index (χ4v) is 3.74. The van der Waals surface area contributed by atoms with E-state index in [1.807, 2.05) is 55.5 Å². The number of nitrogens with one attached hydrogen (secondary N) is 1. The number of ether oxygens (including phenoxy) is 1. The van der Waals surface area contributed by atoms with Crippen molar-refractivity contribution in [2.75, 3.05) is 7.11 Å². The van der Waals surface area contributed by atoms with Crippen LogP contribution in [0.4, 0.5) is 0 Å². The van der Waals surface area contributed by atoms with Gasteiger partial charge in [0, 0.05) is 22.7 Å². The second-order valence-corrected chi connectivity index (χ2v) is 7.65. The summed E-state index contributed by atoms with van der Waals surface area (Å²) >= 11 is 1.27. The zero-order valence-corrected chi connectivity index (χ0v) is 16.3. The molecule has 0 aliphatic carbocycles. The molecule has 4 aromatic rings. The van der Waals surface area contributed by atoms with Crippen molar-refractivity contribution in [3.8, 4) is 5.75 Å². The topological polar surface area (TPSA) is 81.0 Å². The predicted octanol–water partition coefficient (Wildman–Crippen LogP) is 4.51. The molecule has 6 nitrogen and oxygen atoms in total. The first-order valence-corrected chi connectivity index (χ1v) is 9.74. The Balaban J connectivity index is 1.43. The van der Waals surface area contributed by atoms with Gasteiger partial charge >= 0.3 is 0 Å². The molecule has 4 rings (SSSR count). The van der Waals surface area contributed by atoms with Gasteiger partial charge in [-0.25, -0.2) is 0 Å². The summed E-state index contributed by atoms with van der Waals surface area (Å²) in [7, 11) is 1.63. The second kappa shape index (κ2) is 7.90. The number of para-hydroxylation sites is 1. The number of thioether (sulfide) groups is 1. The van der Waals surface area contributed by atoms with Gasteiger partial charge in [-0.15, -0.1) is 10.2 Å². The number of H-pyrrole nitrogens is 1. The molecule has 0 saturated carbocycles. The van der Waals surface area contributed by atoms with Gasteiger partial charge in [0.05, 0.1) is 18.8 Å². The van der Waals surface area contributed by atoms with Gasteiger partial charge in [0.1, 0.15) is 5.75 Å². The van der Waals surface area contributed by atoms with E-state index in [2.05, 4.69) is 15.2 Å². The van der Waals surface area contributed by atoms with E-state index in [9.17, 15) is 4.79 Å². The van der Waals surface area contributed by atoms with Gasteiger partial charge in [-0.05, 0) is 30.7 Å². The number of methoxy groups -OCH3 is 1. The Labute approximate surface area is 166 Å². The molecule has 7 heteroatoms. The van der Waals surface area contributed by atoms with Crippen molar-refractivity contribution in [3.63, 3.8) is 0 Å². The third kappa shape index (κ3) is 3.80. The lowest BCUT2D eigenvalue weighted by atomic mass is 10.1. The molecule has 0 unspecified atom stereocenters. The van der Waals surface area contributed by atoms with E-state index in [1.165, 1.54) is 11.8 Å². The number of nitrogens with zero attached hydrogens (tertiary/aromatic N) is 2. The molecule has 28 heavy (non-hydrogen) atoms. The van der Waals surface area contributed by atoms with E-state index in [4.69, 9.17) is 9.15 Å². The van der Waals surface area contributed by atoms with Crippen LogP contribution in [0.1, 0.15) is 28.7 Å². The summed E-state index contributed by atoms with van der Waals surface area (Å²) < 4.78 is 10.9. The first kappa shape index (κ1) is 18.3. The van der Waals surface area contributed by atoms with Crippen molar-refractivity contribution in [1.29, 1.82) is 0 Å². The number of carbonyl (C=O) groups is 1. The number of hydrogen-bond donors (Lipinski definition) is 1. The summed E-state index contributed by atoms with van der Waals surface area (Å²) in [5, 5.41) is 9.14. The minimum absolute atomic E-state index is 0.0253. The van der Waals surface area contributed by atoms with Crippen LogP contribution in [0.25, 0.3) is 10.9 Å². The first-order valence-electron chi connectivity index (χ1n) is 8.86. The molecular formula is C21H19N3O3S. The SMILES string of the molecule is COc1ccc(Cc2nnc(S[C@@H](C)C(=O)c3c[nH]c4ccccc34)o2)cc1. The zero-order chi connectivity index (χ0) is 19.5. The molecule has 0 fully saturated rings. The minimum atomic E-state index is -0.339. The largest absolute Gasteiger partial charge is 0.497 e. The molecule has 0 bridgehead atoms. The highest BCUT2D eigenvalue weighted by Crippen LogP contribution is 2.28. The molecule has 142 valence electrons. The van der Waals surface area contributed by atoms with Gasteiger partial charge in [0.25, 0.3) is 5.22 Å². The lowest BCUT2D eigenvalue weighted by Gasteiger charge is -2.06. The van der Waals surface area contributed by atoms with Gasteiger partial charge in [-0.1, -0.05) is 42.1 Å². The van der Waals surface area contributed by atoms with Crippen molar-refractivity contribution in [3.05, 3.63) is 71.7 Å². The Kier molecular flexibility index (Phi) is 5.16. The Hall–Kier alpha value is -3.06. The number of rotatable bonds is 7. The lowest BCUT2D eigenvalue weighted by molar-refractivity contribution is 0.0995. The maximum absolute atomic E-state index is 12.8. The molecule has 2 heterocycles. The van der Waals surface area contributed by atoms with Crippen LogP contribution in [0.5, 0.6) is 5.75 Å². The van der Waals surface area contributed by atoms with E-state index < -0.39 is 0 Å². The summed E-state index contributed by atoms with van der Waals surface area (Å²) in [5.41, 5.74) is 2.67. The van der Waals surface area contributed by atoms with Crippen LogP contribution in [-0.4, -0.2) is 33.3 Å². The van der Waals surface area contributed by atoms with E-state index in [0.717, 1.165) is 22.2 Å². The average molecular weight is 393 g/mol. The van der Waals surface area contributed by atoms with Crippen molar-refractivity contribution in [2.24, 2.45) is 0 Å². The van der Waals surface area contributed by atoms with E-state index in [1.54, 1.807) is 13.3 Å². The quantitative estimate of drug-likeness (QED) is 0.367. The first-order chi connectivity index (χ1) is 13.6. The Morgan fingerprint density at radius 3 is 2.75 bits per heavy atom. The number of fused-ring (bicyclic) bond motifs is 1. The monoisotopic (exact) mass is 393 g/mol. The summed E-state index contributed by atoms with van der Waals surface area (Å²) in [5.74, 6) is 1.34. The lowest BCUT2D eigenvalue weighted by Crippen LogP contribution is -2.13. The normalized spacial score (nSPS) is 12.2. The number of aromatic amines is 1. The maximum Gasteiger partial charge on any atom is 0.277 e. The van der Waals surface area contributed by atoms with Gasteiger partial charge in [-0.3, -0.25) is 4.79 Å². The molecule has 1 N–H and O–H groups in total. The standard InChI is InChI=1S/C21H19N3O3S/c1-13(20(25)17-12-22-18-6-4-3-5-16(17)18)28-21-24-23-19(27-21)11-14-7-9-15(26-2)10-8-14/h3-10,12-13,22H,11H2,1-2H3/t13-/m0/s1. The summed E-state index contributed by atoms with van der Waals surface area (Å²) in [6.45, 7) is 1.85. The van der Waals surface area contributed by atoms with Crippen LogP contribution in [0.2, 0.25) is 0 Å². The van der Waals surface area contributed by atoms with E-state index >= 15 is 0 Å².